The lowest BCUT2D eigenvalue weighted by molar-refractivity contribution is 0.0520. The summed E-state index contributed by atoms with van der Waals surface area (Å²) < 4.78 is 11.2. The summed E-state index contributed by atoms with van der Waals surface area (Å²) in [7, 11) is 0. The number of nitrogens with zero attached hydrogens (tertiary/aromatic N) is 4. The number of hydrogen-bond acceptors (Lipinski definition) is 8. The summed E-state index contributed by atoms with van der Waals surface area (Å²) in [5.41, 5.74) is 2.19. The van der Waals surface area contributed by atoms with Gasteiger partial charge in [0.05, 0.1) is 23.4 Å². The van der Waals surface area contributed by atoms with Crippen LogP contribution in [0, 0.1) is 0 Å². The number of pyridine rings is 3. The standard InChI is InChI=1S/C31H36N6O4/c1-31(2,3)41-30(39)35-17-19-40-28-20-27(36-26-13-5-4-12-25(26)28)29(38)34-16-18-37(21-23-10-6-8-14-32-23)22-24-11-7-9-15-33-24/h4-15,20H,16-19,21-22H2,1-3H3,(H,34,38)(H,35,39). The predicted molar refractivity (Wildman–Crippen MR) is 156 cm³/mol. The number of fused-ring (bicyclic) bond motifs is 1. The van der Waals surface area contributed by atoms with E-state index in [1.807, 2.05) is 60.7 Å². The Morgan fingerprint density at radius 1 is 0.854 bits per heavy atom. The minimum Gasteiger partial charge on any atom is -0.491 e. The van der Waals surface area contributed by atoms with Crippen molar-refractivity contribution in [2.75, 3.05) is 26.2 Å². The molecule has 0 aliphatic heterocycles. The van der Waals surface area contributed by atoms with Gasteiger partial charge >= 0.3 is 6.09 Å². The molecule has 0 spiro atoms. The number of ether oxygens (including phenoxy) is 2. The zero-order valence-corrected chi connectivity index (χ0v) is 23.7. The van der Waals surface area contributed by atoms with E-state index in [2.05, 4.69) is 30.5 Å². The molecule has 0 fully saturated rings. The number of rotatable bonds is 12. The first-order chi connectivity index (χ1) is 19.8. The van der Waals surface area contributed by atoms with E-state index >= 15 is 0 Å². The lowest BCUT2D eigenvalue weighted by Crippen LogP contribution is -2.35. The van der Waals surface area contributed by atoms with Crippen molar-refractivity contribution < 1.29 is 19.1 Å². The highest BCUT2D eigenvalue weighted by molar-refractivity contribution is 5.97. The summed E-state index contributed by atoms with van der Waals surface area (Å²) >= 11 is 0. The average Bonchev–Trinajstić information content (AvgIpc) is 2.95. The van der Waals surface area contributed by atoms with E-state index < -0.39 is 11.7 Å². The van der Waals surface area contributed by atoms with Crippen LogP contribution in [-0.2, 0) is 17.8 Å². The monoisotopic (exact) mass is 556 g/mol. The van der Waals surface area contributed by atoms with E-state index in [1.165, 1.54) is 0 Å². The highest BCUT2D eigenvalue weighted by atomic mass is 16.6. The Bertz CT molecular complexity index is 1390. The van der Waals surface area contributed by atoms with Crippen molar-refractivity contribution in [2.24, 2.45) is 0 Å². The first kappa shape index (κ1) is 29.4. The first-order valence-electron chi connectivity index (χ1n) is 13.6. The molecule has 4 aromatic rings. The molecule has 41 heavy (non-hydrogen) atoms. The second-order valence-electron chi connectivity index (χ2n) is 10.4. The van der Waals surface area contributed by atoms with E-state index in [4.69, 9.17) is 9.47 Å². The topological polar surface area (TPSA) is 119 Å². The molecule has 0 bridgehead atoms. The molecule has 10 heteroatoms. The van der Waals surface area contributed by atoms with Gasteiger partial charge in [-0.25, -0.2) is 9.78 Å². The van der Waals surface area contributed by atoms with Gasteiger partial charge in [0, 0.05) is 50.0 Å². The molecule has 2 amide bonds. The highest BCUT2D eigenvalue weighted by Gasteiger charge is 2.17. The second kappa shape index (κ2) is 14.2. The third-order valence-corrected chi connectivity index (χ3v) is 5.88. The largest absolute Gasteiger partial charge is 0.491 e. The summed E-state index contributed by atoms with van der Waals surface area (Å²) in [6.45, 7) is 8.09. The maximum absolute atomic E-state index is 13.1. The van der Waals surface area contributed by atoms with Crippen molar-refractivity contribution in [3.63, 3.8) is 0 Å². The Balaban J connectivity index is 1.38. The normalized spacial score (nSPS) is 11.3. The molecule has 214 valence electrons. The summed E-state index contributed by atoms with van der Waals surface area (Å²) in [6.07, 6.45) is 3.03. The van der Waals surface area contributed by atoms with E-state index in [-0.39, 0.29) is 24.8 Å². The van der Waals surface area contributed by atoms with Crippen LogP contribution in [0.2, 0.25) is 0 Å². The molecule has 0 unspecified atom stereocenters. The number of carbonyl (C=O) groups excluding carboxylic acids is 2. The Labute approximate surface area is 240 Å². The molecule has 10 nitrogen and oxygen atoms in total. The van der Waals surface area contributed by atoms with Gasteiger partial charge in [0.25, 0.3) is 5.91 Å². The van der Waals surface area contributed by atoms with Crippen molar-refractivity contribution >= 4 is 22.9 Å². The van der Waals surface area contributed by atoms with Crippen LogP contribution in [-0.4, -0.2) is 63.7 Å². The fourth-order valence-corrected chi connectivity index (χ4v) is 4.08. The molecule has 0 atom stereocenters. The molecule has 0 aliphatic rings. The second-order valence-corrected chi connectivity index (χ2v) is 10.4. The number of benzene rings is 1. The van der Waals surface area contributed by atoms with Crippen molar-refractivity contribution in [3.8, 4) is 5.75 Å². The Hall–Kier alpha value is -4.57. The average molecular weight is 557 g/mol. The van der Waals surface area contributed by atoms with Gasteiger partial charge < -0.3 is 20.1 Å². The number of hydrogen-bond donors (Lipinski definition) is 2. The van der Waals surface area contributed by atoms with Crippen LogP contribution < -0.4 is 15.4 Å². The SMILES string of the molecule is CC(C)(C)OC(=O)NCCOc1cc(C(=O)NCCN(Cc2ccccn2)Cc2ccccn2)nc2ccccc12. The molecule has 0 saturated heterocycles. The smallest absolute Gasteiger partial charge is 0.407 e. The zero-order chi connectivity index (χ0) is 29.1. The van der Waals surface area contributed by atoms with Gasteiger partial charge in [-0.3, -0.25) is 19.7 Å². The molecule has 3 heterocycles. The van der Waals surface area contributed by atoms with Crippen LogP contribution in [0.4, 0.5) is 4.79 Å². The maximum Gasteiger partial charge on any atom is 0.407 e. The molecule has 1 aromatic carbocycles. The van der Waals surface area contributed by atoms with Gasteiger partial charge in [0.2, 0.25) is 0 Å². The lowest BCUT2D eigenvalue weighted by atomic mass is 10.1. The molecule has 2 N–H and O–H groups in total. The van der Waals surface area contributed by atoms with Gasteiger partial charge in [0.1, 0.15) is 23.7 Å². The number of aromatic nitrogens is 3. The molecular weight excluding hydrogens is 520 g/mol. The van der Waals surface area contributed by atoms with Gasteiger partial charge in [-0.15, -0.1) is 0 Å². The van der Waals surface area contributed by atoms with E-state index in [9.17, 15) is 9.59 Å². The summed E-state index contributed by atoms with van der Waals surface area (Å²) in [6, 6.07) is 20.7. The number of para-hydroxylation sites is 1. The third-order valence-electron chi connectivity index (χ3n) is 5.88. The fourth-order valence-electron chi connectivity index (χ4n) is 4.08. The third kappa shape index (κ3) is 9.54. The number of nitrogens with one attached hydrogen (secondary N) is 2. The van der Waals surface area contributed by atoms with Crippen LogP contribution in [0.1, 0.15) is 42.6 Å². The predicted octanol–water partition coefficient (Wildman–Crippen LogP) is 4.36. The van der Waals surface area contributed by atoms with E-state index in [0.29, 0.717) is 37.4 Å². The van der Waals surface area contributed by atoms with Crippen molar-refractivity contribution in [3.05, 3.63) is 96.2 Å². The van der Waals surface area contributed by atoms with Crippen molar-refractivity contribution in [1.82, 2.24) is 30.5 Å². The number of amides is 2. The Morgan fingerprint density at radius 3 is 2.15 bits per heavy atom. The van der Waals surface area contributed by atoms with Crippen LogP contribution in [0.15, 0.2) is 79.1 Å². The van der Waals surface area contributed by atoms with Crippen molar-refractivity contribution in [2.45, 2.75) is 39.5 Å². The molecule has 0 saturated carbocycles. The highest BCUT2D eigenvalue weighted by Crippen LogP contribution is 2.25. The van der Waals surface area contributed by atoms with Crippen molar-refractivity contribution in [1.29, 1.82) is 0 Å². The molecular formula is C31H36N6O4. The molecule has 0 radical (unpaired) electrons. The molecule has 3 aromatic heterocycles. The van der Waals surface area contributed by atoms with Gasteiger partial charge in [-0.1, -0.05) is 24.3 Å². The minimum atomic E-state index is -0.581. The first-order valence-corrected chi connectivity index (χ1v) is 13.6. The fraction of sp³-hybridized carbons (Fsp3) is 0.323. The van der Waals surface area contributed by atoms with E-state index in [0.717, 1.165) is 16.8 Å². The van der Waals surface area contributed by atoms with E-state index in [1.54, 1.807) is 39.2 Å². The van der Waals surface area contributed by atoms with Gasteiger partial charge in [-0.05, 0) is 57.2 Å². The van der Waals surface area contributed by atoms with Gasteiger partial charge in [-0.2, -0.15) is 0 Å². The maximum atomic E-state index is 13.1. The molecule has 0 aliphatic carbocycles. The number of alkyl carbamates (subject to hydrolysis) is 1. The summed E-state index contributed by atoms with van der Waals surface area (Å²) in [5.74, 6) is 0.210. The van der Waals surface area contributed by atoms with Gasteiger partial charge in [0.15, 0.2) is 0 Å². The Kier molecular flexibility index (Phi) is 10.2. The summed E-state index contributed by atoms with van der Waals surface area (Å²) in [5, 5.41) is 6.43. The quantitative estimate of drug-likeness (QED) is 0.247. The van der Waals surface area contributed by atoms with Crippen LogP contribution in [0.25, 0.3) is 10.9 Å². The number of carbonyl (C=O) groups is 2. The summed E-state index contributed by atoms with van der Waals surface area (Å²) in [4.78, 5) is 40.7. The van der Waals surface area contributed by atoms with Crippen LogP contribution in [0.3, 0.4) is 0 Å². The molecule has 4 rings (SSSR count). The van der Waals surface area contributed by atoms with Crippen LogP contribution >= 0.6 is 0 Å². The lowest BCUT2D eigenvalue weighted by Gasteiger charge is -2.22. The van der Waals surface area contributed by atoms with Crippen LogP contribution in [0.5, 0.6) is 5.75 Å². The Morgan fingerprint density at radius 2 is 1.51 bits per heavy atom. The minimum absolute atomic E-state index is 0.199. The zero-order valence-electron chi connectivity index (χ0n) is 23.7.